The predicted molar refractivity (Wildman–Crippen MR) is 106 cm³/mol. The molecule has 0 aliphatic heterocycles. The zero-order chi connectivity index (χ0) is 26.1. The highest BCUT2D eigenvalue weighted by Crippen LogP contribution is 2.27. The summed E-state index contributed by atoms with van der Waals surface area (Å²) in [5, 5.41) is 0. The summed E-state index contributed by atoms with van der Waals surface area (Å²) in [4.78, 5) is -0.420. The number of ether oxygens (including phenoxy) is 3. The second-order valence-corrected chi connectivity index (χ2v) is 7.24. The van der Waals surface area contributed by atoms with Gasteiger partial charge >= 0.3 is 19.3 Å². The average Bonchev–Trinajstić information content (AvgIpc) is 2.74. The third-order valence-electron chi connectivity index (χ3n) is 4.67. The molecule has 0 radical (unpaired) electrons. The Hall–Kier alpha value is -2.67. The van der Waals surface area contributed by atoms with Crippen LogP contribution in [0.5, 0.6) is 11.5 Å². The first-order valence-corrected chi connectivity index (χ1v) is 10.3. The quantitative estimate of drug-likeness (QED) is 0.165. The zero-order valence-corrected chi connectivity index (χ0v) is 18.1. The Kier molecular flexibility index (Phi) is 10.5. The molecular formula is C22H22F9NO3. The number of hydrogen-bond acceptors (Lipinski definition) is 4. The number of rotatable bonds is 13. The Balaban J connectivity index is 2.04. The Morgan fingerprint density at radius 2 is 1.60 bits per heavy atom. The van der Waals surface area contributed by atoms with Crippen molar-refractivity contribution in [2.75, 3.05) is 13.3 Å². The van der Waals surface area contributed by atoms with E-state index in [1.807, 2.05) is 0 Å². The number of aryl methyl sites for hydroxylation is 2. The minimum Gasteiger partial charge on any atom is -0.464 e. The smallest absolute Gasteiger partial charge is 0.464 e. The van der Waals surface area contributed by atoms with Crippen LogP contribution in [0.4, 0.5) is 39.5 Å². The highest BCUT2D eigenvalue weighted by Gasteiger charge is 2.37. The molecule has 0 fully saturated rings. The molecule has 1 atom stereocenters. The predicted octanol–water partition coefficient (Wildman–Crippen LogP) is 6.84. The van der Waals surface area contributed by atoms with Crippen LogP contribution in [-0.4, -0.2) is 43.8 Å². The van der Waals surface area contributed by atoms with Crippen molar-refractivity contribution in [1.29, 1.82) is 0 Å². The van der Waals surface area contributed by atoms with Crippen LogP contribution in [0.15, 0.2) is 48.5 Å². The van der Waals surface area contributed by atoms with Gasteiger partial charge in [0.05, 0.1) is 0 Å². The molecule has 2 aromatic rings. The van der Waals surface area contributed by atoms with Crippen molar-refractivity contribution in [2.45, 2.75) is 51.2 Å². The monoisotopic (exact) mass is 519 g/mol. The van der Waals surface area contributed by atoms with Gasteiger partial charge in [-0.2, -0.15) is 26.9 Å². The second-order valence-electron chi connectivity index (χ2n) is 7.24. The molecule has 2 aromatic carbocycles. The molecule has 0 bridgehead atoms. The molecule has 35 heavy (non-hydrogen) atoms. The molecule has 4 nitrogen and oxygen atoms in total. The number of hydrogen-bond donors (Lipinski definition) is 0. The maximum atomic E-state index is 12.8. The molecular weight excluding hydrogens is 497 g/mol. The van der Waals surface area contributed by atoms with Crippen molar-refractivity contribution >= 4 is 0 Å². The van der Waals surface area contributed by atoms with Crippen LogP contribution in [0.1, 0.15) is 24.0 Å². The van der Waals surface area contributed by atoms with E-state index in [-0.39, 0.29) is 31.4 Å². The highest BCUT2D eigenvalue weighted by atomic mass is 19.4. The van der Waals surface area contributed by atoms with E-state index in [2.05, 4.69) is 9.47 Å². The standard InChI is InChI=1S/C22H22F9NO3/c23-14-32(21(26,27)28)12-4-9-19(34-20(24)25)33-18-8-2-1-6-16(18)11-10-15-5-3-7-17(13-15)35-22(29,30)31/h1-3,5-8,13,19-20H,4,9-12,14H2/t19-/m1/s1. The summed E-state index contributed by atoms with van der Waals surface area (Å²) in [7, 11) is 0. The van der Waals surface area contributed by atoms with E-state index >= 15 is 0 Å². The lowest BCUT2D eigenvalue weighted by Crippen LogP contribution is -2.38. The molecule has 2 rings (SSSR count). The van der Waals surface area contributed by atoms with Crippen LogP contribution in [0.25, 0.3) is 0 Å². The molecule has 0 aliphatic carbocycles. The summed E-state index contributed by atoms with van der Waals surface area (Å²) in [6.07, 6.45) is -11.6. The number of nitrogens with zero attached hydrogens (tertiary/aromatic N) is 1. The van der Waals surface area contributed by atoms with Gasteiger partial charge in [-0.15, -0.1) is 13.2 Å². The van der Waals surface area contributed by atoms with E-state index in [4.69, 9.17) is 4.74 Å². The van der Waals surface area contributed by atoms with E-state index in [9.17, 15) is 39.5 Å². The molecule has 0 amide bonds. The highest BCUT2D eigenvalue weighted by molar-refractivity contribution is 5.35. The Morgan fingerprint density at radius 3 is 2.23 bits per heavy atom. The molecule has 0 N–H and O–H groups in total. The van der Waals surface area contributed by atoms with Crippen molar-refractivity contribution in [3.05, 3.63) is 59.7 Å². The third-order valence-corrected chi connectivity index (χ3v) is 4.67. The van der Waals surface area contributed by atoms with Crippen LogP contribution >= 0.6 is 0 Å². The van der Waals surface area contributed by atoms with Crippen molar-refractivity contribution in [3.8, 4) is 11.5 Å². The van der Waals surface area contributed by atoms with Gasteiger partial charge in [0, 0.05) is 13.0 Å². The maximum absolute atomic E-state index is 12.8. The summed E-state index contributed by atoms with van der Waals surface area (Å²) < 4.78 is 127. The maximum Gasteiger partial charge on any atom is 0.573 e. The molecule has 0 aromatic heterocycles. The zero-order valence-electron chi connectivity index (χ0n) is 18.1. The van der Waals surface area contributed by atoms with Gasteiger partial charge in [-0.1, -0.05) is 30.3 Å². The lowest BCUT2D eigenvalue weighted by molar-refractivity contribution is -0.274. The van der Waals surface area contributed by atoms with Gasteiger partial charge in [0.15, 0.2) is 0 Å². The minimum atomic E-state index is -4.91. The number of benzene rings is 2. The first kappa shape index (κ1) is 28.6. The largest absolute Gasteiger partial charge is 0.573 e. The Bertz CT molecular complexity index is 906. The van der Waals surface area contributed by atoms with Crippen molar-refractivity contribution in [1.82, 2.24) is 4.90 Å². The van der Waals surface area contributed by atoms with Crippen LogP contribution in [0.3, 0.4) is 0 Å². The summed E-state index contributed by atoms with van der Waals surface area (Å²) in [5.74, 6) is -0.287. The van der Waals surface area contributed by atoms with Crippen LogP contribution in [0, 0.1) is 0 Å². The molecule has 0 heterocycles. The van der Waals surface area contributed by atoms with Crippen molar-refractivity contribution in [2.24, 2.45) is 0 Å². The van der Waals surface area contributed by atoms with Gasteiger partial charge in [-0.05, 0) is 48.6 Å². The summed E-state index contributed by atoms with van der Waals surface area (Å²) in [6, 6.07) is 11.5. The first-order chi connectivity index (χ1) is 16.4. The van der Waals surface area contributed by atoms with Gasteiger partial charge in [0.1, 0.15) is 18.3 Å². The fourth-order valence-corrected chi connectivity index (χ4v) is 3.12. The fourth-order valence-electron chi connectivity index (χ4n) is 3.12. The lowest BCUT2D eigenvalue weighted by Gasteiger charge is -2.24. The Labute approximate surface area is 195 Å². The van der Waals surface area contributed by atoms with Crippen molar-refractivity contribution in [3.63, 3.8) is 0 Å². The molecule has 0 aliphatic rings. The molecule has 13 heteroatoms. The van der Waals surface area contributed by atoms with Gasteiger partial charge in [0.2, 0.25) is 6.29 Å². The SMILES string of the molecule is FCN(CCC[C@H](Oc1ccccc1CCc1cccc(OC(F)(F)F)c1)OC(F)F)C(F)(F)F. The van der Waals surface area contributed by atoms with Gasteiger partial charge in [0.25, 0.3) is 0 Å². The molecule has 0 spiro atoms. The summed E-state index contributed by atoms with van der Waals surface area (Å²) in [5.41, 5.74) is 0.999. The van der Waals surface area contributed by atoms with Crippen LogP contribution < -0.4 is 9.47 Å². The average molecular weight is 519 g/mol. The van der Waals surface area contributed by atoms with Crippen LogP contribution in [-0.2, 0) is 17.6 Å². The summed E-state index contributed by atoms with van der Waals surface area (Å²) >= 11 is 0. The molecule has 196 valence electrons. The molecule has 0 unspecified atom stereocenters. The van der Waals surface area contributed by atoms with E-state index in [1.54, 1.807) is 18.2 Å². The van der Waals surface area contributed by atoms with Crippen molar-refractivity contribution < 1.29 is 53.7 Å². The number of para-hydroxylation sites is 1. The van der Waals surface area contributed by atoms with Gasteiger partial charge in [-0.3, -0.25) is 4.74 Å². The topological polar surface area (TPSA) is 30.9 Å². The normalized spacial score (nSPS) is 13.3. The Morgan fingerprint density at radius 1 is 0.886 bits per heavy atom. The lowest BCUT2D eigenvalue weighted by atomic mass is 10.0. The second kappa shape index (κ2) is 12.9. The fraction of sp³-hybridized carbons (Fsp3) is 0.455. The molecule has 0 saturated heterocycles. The number of alkyl halides is 9. The van der Waals surface area contributed by atoms with E-state index < -0.39 is 49.6 Å². The molecule has 0 saturated carbocycles. The minimum absolute atomic E-state index is 0.110. The first-order valence-electron chi connectivity index (χ1n) is 10.3. The number of halogens is 9. The van der Waals surface area contributed by atoms with E-state index in [0.717, 1.165) is 6.07 Å². The third kappa shape index (κ3) is 10.6. The van der Waals surface area contributed by atoms with Crippen LogP contribution in [0.2, 0.25) is 0 Å². The van der Waals surface area contributed by atoms with Gasteiger partial charge in [-0.25, -0.2) is 4.39 Å². The van der Waals surface area contributed by atoms with E-state index in [0.29, 0.717) is 11.1 Å². The van der Waals surface area contributed by atoms with Gasteiger partial charge < -0.3 is 9.47 Å². The summed E-state index contributed by atoms with van der Waals surface area (Å²) in [6.45, 7) is -5.85. The van der Waals surface area contributed by atoms with E-state index in [1.165, 1.54) is 24.3 Å².